The maximum absolute atomic E-state index is 13.0. The molecule has 0 fully saturated rings. The lowest BCUT2D eigenvalue weighted by atomic mass is 9.96. The lowest BCUT2D eigenvalue weighted by Crippen LogP contribution is -2.35. The number of aromatic nitrogens is 1. The van der Waals surface area contributed by atoms with E-state index >= 15 is 0 Å². The summed E-state index contributed by atoms with van der Waals surface area (Å²) >= 11 is 5.87. The van der Waals surface area contributed by atoms with Gasteiger partial charge in [-0.2, -0.15) is 0 Å². The van der Waals surface area contributed by atoms with Gasteiger partial charge in [0.25, 0.3) is 5.91 Å². The first-order valence-electron chi connectivity index (χ1n) is 7.25. The Hall–Kier alpha value is -2.14. The van der Waals surface area contributed by atoms with Gasteiger partial charge in [0.1, 0.15) is 5.82 Å². The van der Waals surface area contributed by atoms with Crippen LogP contribution in [0.2, 0.25) is 5.15 Å². The molecule has 0 bridgehead atoms. The van der Waals surface area contributed by atoms with Crippen LogP contribution in [-0.2, 0) is 4.79 Å². The minimum atomic E-state index is -0.308. The predicted molar refractivity (Wildman–Crippen MR) is 86.9 cm³/mol. The first-order chi connectivity index (χ1) is 11.0. The zero-order valence-corrected chi connectivity index (χ0v) is 13.7. The van der Waals surface area contributed by atoms with Crippen LogP contribution >= 0.6 is 11.6 Å². The molecule has 0 saturated heterocycles. The van der Waals surface area contributed by atoms with Gasteiger partial charge in [-0.3, -0.25) is 4.79 Å². The summed E-state index contributed by atoms with van der Waals surface area (Å²) < 4.78 is 18.4. The fourth-order valence-electron chi connectivity index (χ4n) is 2.14. The number of benzene rings is 1. The number of nitrogens with one attached hydrogen (secondary N) is 1. The summed E-state index contributed by atoms with van der Waals surface area (Å²) in [6.45, 7) is 3.79. The second kappa shape index (κ2) is 7.92. The molecule has 1 heterocycles. The van der Waals surface area contributed by atoms with Crippen LogP contribution in [0.25, 0.3) is 0 Å². The van der Waals surface area contributed by atoms with Crippen molar-refractivity contribution in [1.29, 1.82) is 0 Å². The molecule has 122 valence electrons. The van der Waals surface area contributed by atoms with E-state index in [1.54, 1.807) is 30.5 Å². The van der Waals surface area contributed by atoms with Crippen LogP contribution in [0.1, 0.15) is 25.5 Å². The Kier molecular flexibility index (Phi) is 5.93. The minimum absolute atomic E-state index is 0.145. The summed E-state index contributed by atoms with van der Waals surface area (Å²) in [4.78, 5) is 16.0. The van der Waals surface area contributed by atoms with Gasteiger partial charge in [0.2, 0.25) is 0 Å². The number of nitrogens with zero attached hydrogens (tertiary/aromatic N) is 1. The van der Waals surface area contributed by atoms with Crippen molar-refractivity contribution in [2.45, 2.75) is 19.9 Å². The third kappa shape index (κ3) is 4.93. The molecule has 0 aliphatic carbocycles. The molecule has 1 aromatic carbocycles. The molecule has 0 radical (unpaired) electrons. The summed E-state index contributed by atoms with van der Waals surface area (Å²) in [7, 11) is 0. The van der Waals surface area contributed by atoms with Gasteiger partial charge in [0.05, 0.1) is 6.04 Å². The number of amides is 1. The Morgan fingerprint density at radius 2 is 2.00 bits per heavy atom. The normalized spacial score (nSPS) is 12.0. The number of halogens is 2. The second-order valence-electron chi connectivity index (χ2n) is 5.42. The fraction of sp³-hybridized carbons (Fsp3) is 0.294. The van der Waals surface area contributed by atoms with Gasteiger partial charge in [-0.05, 0) is 35.7 Å². The Morgan fingerprint density at radius 1 is 1.30 bits per heavy atom. The summed E-state index contributed by atoms with van der Waals surface area (Å²) in [5, 5.41) is 3.10. The van der Waals surface area contributed by atoms with E-state index in [0.717, 1.165) is 5.56 Å². The second-order valence-corrected chi connectivity index (χ2v) is 5.78. The summed E-state index contributed by atoms with van der Waals surface area (Å²) in [5.74, 6) is -0.0938. The van der Waals surface area contributed by atoms with Crippen molar-refractivity contribution in [3.8, 4) is 5.75 Å². The van der Waals surface area contributed by atoms with Gasteiger partial charge in [-0.15, -0.1) is 0 Å². The Bertz CT molecular complexity index is 662. The third-order valence-electron chi connectivity index (χ3n) is 3.30. The zero-order valence-electron chi connectivity index (χ0n) is 12.9. The highest BCUT2D eigenvalue weighted by atomic mass is 35.5. The van der Waals surface area contributed by atoms with Crippen molar-refractivity contribution in [2.75, 3.05) is 6.61 Å². The molecule has 23 heavy (non-hydrogen) atoms. The number of rotatable bonds is 6. The summed E-state index contributed by atoms with van der Waals surface area (Å²) in [5.41, 5.74) is 0.842. The molecule has 1 amide bonds. The smallest absolute Gasteiger partial charge is 0.258 e. The third-order valence-corrected chi connectivity index (χ3v) is 3.58. The molecule has 1 N–H and O–H groups in total. The van der Waals surface area contributed by atoms with Crippen LogP contribution < -0.4 is 10.1 Å². The van der Waals surface area contributed by atoms with E-state index in [1.807, 2.05) is 13.8 Å². The van der Waals surface area contributed by atoms with Crippen LogP contribution in [0, 0.1) is 11.7 Å². The van der Waals surface area contributed by atoms with Crippen molar-refractivity contribution in [3.05, 3.63) is 59.1 Å². The minimum Gasteiger partial charge on any atom is -0.481 e. The van der Waals surface area contributed by atoms with Crippen LogP contribution in [0.3, 0.4) is 0 Å². The quantitative estimate of drug-likeness (QED) is 0.817. The molecular formula is C17H18ClFN2O2. The first-order valence-corrected chi connectivity index (χ1v) is 7.63. The van der Waals surface area contributed by atoms with E-state index in [9.17, 15) is 9.18 Å². The standard InChI is InChI=1S/C17H18ClFN2O2/c1-11(2)16(12-5-7-13(19)8-6-12)21-15(22)10-23-14-4-3-9-20-17(14)18/h3-9,11,16H,10H2,1-2H3,(H,21,22). The van der Waals surface area contributed by atoms with Gasteiger partial charge in [0, 0.05) is 6.20 Å². The molecular weight excluding hydrogens is 319 g/mol. The number of hydrogen-bond donors (Lipinski definition) is 1. The zero-order chi connectivity index (χ0) is 16.8. The van der Waals surface area contributed by atoms with Crippen LogP contribution in [0.4, 0.5) is 4.39 Å². The van der Waals surface area contributed by atoms with E-state index in [0.29, 0.717) is 5.75 Å². The predicted octanol–water partition coefficient (Wildman–Crippen LogP) is 3.77. The average Bonchev–Trinajstić information content (AvgIpc) is 2.52. The van der Waals surface area contributed by atoms with Crippen molar-refractivity contribution >= 4 is 17.5 Å². The summed E-state index contributed by atoms with van der Waals surface area (Å²) in [6, 6.07) is 9.18. The molecule has 1 atom stereocenters. The molecule has 2 rings (SSSR count). The van der Waals surface area contributed by atoms with Crippen LogP contribution in [0.15, 0.2) is 42.6 Å². The monoisotopic (exact) mass is 336 g/mol. The Labute approximate surface area is 139 Å². The lowest BCUT2D eigenvalue weighted by molar-refractivity contribution is -0.124. The number of carbonyl (C=O) groups excluding carboxylic acids is 1. The highest BCUT2D eigenvalue weighted by Gasteiger charge is 2.19. The molecule has 0 saturated carbocycles. The van der Waals surface area contributed by atoms with E-state index in [2.05, 4.69) is 10.3 Å². The number of hydrogen-bond acceptors (Lipinski definition) is 3. The van der Waals surface area contributed by atoms with E-state index < -0.39 is 0 Å². The number of pyridine rings is 1. The topological polar surface area (TPSA) is 51.2 Å². The molecule has 1 aromatic heterocycles. The van der Waals surface area contributed by atoms with Gasteiger partial charge in [-0.25, -0.2) is 9.37 Å². The van der Waals surface area contributed by atoms with Gasteiger partial charge >= 0.3 is 0 Å². The maximum Gasteiger partial charge on any atom is 0.258 e. The van der Waals surface area contributed by atoms with Crippen molar-refractivity contribution in [1.82, 2.24) is 10.3 Å². The van der Waals surface area contributed by atoms with Gasteiger partial charge in [0.15, 0.2) is 17.5 Å². The van der Waals surface area contributed by atoms with Crippen LogP contribution in [-0.4, -0.2) is 17.5 Å². The fourth-order valence-corrected chi connectivity index (χ4v) is 2.32. The molecule has 1 unspecified atom stereocenters. The number of carbonyl (C=O) groups is 1. The molecule has 6 heteroatoms. The SMILES string of the molecule is CC(C)C(NC(=O)COc1cccnc1Cl)c1ccc(F)cc1. The summed E-state index contributed by atoms with van der Waals surface area (Å²) in [6.07, 6.45) is 1.54. The van der Waals surface area contributed by atoms with Crippen LogP contribution in [0.5, 0.6) is 5.75 Å². The average molecular weight is 337 g/mol. The first kappa shape index (κ1) is 17.2. The highest BCUT2D eigenvalue weighted by Crippen LogP contribution is 2.23. The Balaban J connectivity index is 1.98. The molecule has 0 aliphatic heterocycles. The van der Waals surface area contributed by atoms with Gasteiger partial charge in [-0.1, -0.05) is 37.6 Å². The molecule has 4 nitrogen and oxygen atoms in total. The number of ether oxygens (including phenoxy) is 1. The van der Waals surface area contributed by atoms with Crippen molar-refractivity contribution in [3.63, 3.8) is 0 Å². The van der Waals surface area contributed by atoms with E-state index in [-0.39, 0.29) is 35.4 Å². The van der Waals surface area contributed by atoms with E-state index in [4.69, 9.17) is 16.3 Å². The maximum atomic E-state index is 13.0. The molecule has 0 aliphatic rings. The van der Waals surface area contributed by atoms with Crippen molar-refractivity contribution < 1.29 is 13.9 Å². The van der Waals surface area contributed by atoms with Gasteiger partial charge < -0.3 is 10.1 Å². The Morgan fingerprint density at radius 3 is 2.61 bits per heavy atom. The highest BCUT2D eigenvalue weighted by molar-refractivity contribution is 6.30. The lowest BCUT2D eigenvalue weighted by Gasteiger charge is -2.23. The molecule has 2 aromatic rings. The van der Waals surface area contributed by atoms with E-state index in [1.165, 1.54) is 12.1 Å². The van der Waals surface area contributed by atoms with Crippen molar-refractivity contribution in [2.24, 2.45) is 5.92 Å². The molecule has 0 spiro atoms. The largest absolute Gasteiger partial charge is 0.481 e.